The van der Waals surface area contributed by atoms with Crippen molar-refractivity contribution in [3.8, 4) is 11.5 Å². The van der Waals surface area contributed by atoms with Gasteiger partial charge in [-0.25, -0.2) is 4.79 Å². The monoisotopic (exact) mass is 430 g/mol. The topological polar surface area (TPSA) is 120 Å². The summed E-state index contributed by atoms with van der Waals surface area (Å²) in [4.78, 5) is 41.9. The van der Waals surface area contributed by atoms with Gasteiger partial charge in [-0.2, -0.15) is 0 Å². The van der Waals surface area contributed by atoms with Gasteiger partial charge in [0.25, 0.3) is 5.56 Å². The maximum Gasteiger partial charge on any atom is 0.330 e. The van der Waals surface area contributed by atoms with Gasteiger partial charge in [0.1, 0.15) is 19.0 Å². The van der Waals surface area contributed by atoms with E-state index < -0.39 is 11.2 Å². The van der Waals surface area contributed by atoms with E-state index in [1.807, 2.05) is 13.8 Å². The van der Waals surface area contributed by atoms with E-state index in [9.17, 15) is 14.4 Å². The lowest BCUT2D eigenvalue weighted by molar-refractivity contribution is -0.118. The molecule has 1 aromatic carbocycles. The first-order chi connectivity index (χ1) is 15.0. The highest BCUT2D eigenvalue weighted by Crippen LogP contribution is 2.31. The van der Waals surface area contributed by atoms with Gasteiger partial charge in [-0.05, 0) is 30.5 Å². The summed E-state index contributed by atoms with van der Waals surface area (Å²) < 4.78 is 12.5. The number of amides is 1. The van der Waals surface area contributed by atoms with Crippen LogP contribution in [0, 0.1) is 0 Å². The van der Waals surface area contributed by atoms with Crippen LogP contribution in [0.2, 0.25) is 0 Å². The minimum Gasteiger partial charge on any atom is -0.486 e. The zero-order chi connectivity index (χ0) is 22.4. The highest BCUT2D eigenvalue weighted by Gasteiger charge is 2.24. The molecule has 0 aliphatic carbocycles. The summed E-state index contributed by atoms with van der Waals surface area (Å²) in [6.45, 7) is 5.66. The van der Waals surface area contributed by atoms with Crippen LogP contribution in [0.4, 0.5) is 11.5 Å². The molecule has 0 fully saturated rings. The van der Waals surface area contributed by atoms with Gasteiger partial charge in [0.15, 0.2) is 17.2 Å². The van der Waals surface area contributed by atoms with Crippen molar-refractivity contribution < 1.29 is 14.3 Å². The van der Waals surface area contributed by atoms with E-state index in [4.69, 9.17) is 15.2 Å². The fraction of sp³-hybridized carbons (Fsp3) is 0.500. The Morgan fingerprint density at radius 1 is 1.13 bits per heavy atom. The number of nitrogens with two attached hydrogens (primary N) is 1. The largest absolute Gasteiger partial charge is 0.486 e. The van der Waals surface area contributed by atoms with Crippen molar-refractivity contribution in [2.75, 3.05) is 30.4 Å². The van der Waals surface area contributed by atoms with Gasteiger partial charge in [-0.1, -0.05) is 32.8 Å². The number of rotatable bonds is 9. The van der Waals surface area contributed by atoms with Crippen molar-refractivity contribution in [2.24, 2.45) is 0 Å². The number of aromatic amines is 1. The second-order valence-corrected chi connectivity index (χ2v) is 7.55. The van der Waals surface area contributed by atoms with Crippen molar-refractivity contribution in [1.29, 1.82) is 0 Å². The Labute approximate surface area is 180 Å². The molecule has 2 aromatic rings. The van der Waals surface area contributed by atoms with Crippen LogP contribution in [-0.2, 0) is 17.8 Å². The molecular weight excluding hydrogens is 400 g/mol. The lowest BCUT2D eigenvalue weighted by atomic mass is 10.1. The summed E-state index contributed by atoms with van der Waals surface area (Å²) in [6, 6.07) is 5.36. The summed E-state index contributed by atoms with van der Waals surface area (Å²) in [7, 11) is 0. The molecule has 1 aliphatic heterocycles. The number of nitrogens with zero attached hydrogens (tertiary/aromatic N) is 2. The molecule has 0 saturated carbocycles. The normalized spacial score (nSPS) is 12.6. The molecule has 1 amide bonds. The first kappa shape index (κ1) is 22.5. The predicted octanol–water partition coefficient (Wildman–Crippen LogP) is 2.07. The average Bonchev–Trinajstić information content (AvgIpc) is 2.75. The SMILES string of the molecule is CCCCN(C(=O)Cc1ccc2c(c1)OCCO2)c1c(N)n(CCCC)c(=O)[nH]c1=O. The Bertz CT molecular complexity index is 1040. The minimum absolute atomic E-state index is 0.0221. The Kier molecular flexibility index (Phi) is 7.38. The molecule has 3 rings (SSSR count). The highest BCUT2D eigenvalue weighted by atomic mass is 16.6. The molecule has 0 saturated heterocycles. The van der Waals surface area contributed by atoms with Crippen LogP contribution in [0.15, 0.2) is 27.8 Å². The third-order valence-corrected chi connectivity index (χ3v) is 5.22. The second kappa shape index (κ2) is 10.2. The third kappa shape index (κ3) is 5.10. The fourth-order valence-electron chi connectivity index (χ4n) is 3.52. The predicted molar refractivity (Wildman–Crippen MR) is 119 cm³/mol. The molecule has 31 heavy (non-hydrogen) atoms. The minimum atomic E-state index is -0.651. The standard InChI is InChI=1S/C22H30N4O5/c1-3-5-9-25(19-20(23)26(10-6-4-2)22(29)24-21(19)28)18(27)14-15-7-8-16-17(13-15)31-12-11-30-16/h7-8,13H,3-6,9-12,14,23H2,1-2H3,(H,24,28,29). The number of ether oxygens (including phenoxy) is 2. The number of fused-ring (bicyclic) bond motifs is 1. The number of nitrogen functional groups attached to an aromatic ring is 1. The third-order valence-electron chi connectivity index (χ3n) is 5.22. The van der Waals surface area contributed by atoms with E-state index in [0.29, 0.717) is 44.2 Å². The smallest absolute Gasteiger partial charge is 0.330 e. The Morgan fingerprint density at radius 2 is 1.84 bits per heavy atom. The number of hydrogen-bond acceptors (Lipinski definition) is 6. The molecule has 0 spiro atoms. The lowest BCUT2D eigenvalue weighted by Gasteiger charge is -2.25. The number of anilines is 2. The molecule has 0 bridgehead atoms. The lowest BCUT2D eigenvalue weighted by Crippen LogP contribution is -2.42. The number of unbranched alkanes of at least 4 members (excludes halogenated alkanes) is 2. The van der Waals surface area contributed by atoms with Crippen LogP contribution in [0.5, 0.6) is 11.5 Å². The first-order valence-electron chi connectivity index (χ1n) is 10.8. The van der Waals surface area contributed by atoms with Gasteiger partial charge >= 0.3 is 5.69 Å². The molecule has 0 unspecified atom stereocenters. The molecule has 0 radical (unpaired) electrons. The quantitative estimate of drug-likeness (QED) is 0.628. The Balaban J connectivity index is 1.94. The fourth-order valence-corrected chi connectivity index (χ4v) is 3.52. The van der Waals surface area contributed by atoms with Crippen molar-refractivity contribution in [2.45, 2.75) is 52.5 Å². The Morgan fingerprint density at radius 3 is 2.55 bits per heavy atom. The van der Waals surface area contributed by atoms with Crippen LogP contribution in [0.1, 0.15) is 45.1 Å². The summed E-state index contributed by atoms with van der Waals surface area (Å²) in [5.41, 5.74) is 5.80. The molecule has 9 nitrogen and oxygen atoms in total. The number of carbonyl (C=O) groups is 1. The van der Waals surface area contributed by atoms with Gasteiger partial charge in [-0.3, -0.25) is 19.1 Å². The molecule has 9 heteroatoms. The van der Waals surface area contributed by atoms with Gasteiger partial charge in [0, 0.05) is 13.1 Å². The molecule has 0 atom stereocenters. The average molecular weight is 431 g/mol. The van der Waals surface area contributed by atoms with Gasteiger partial charge in [0.2, 0.25) is 5.91 Å². The maximum atomic E-state index is 13.3. The zero-order valence-electron chi connectivity index (χ0n) is 18.1. The van der Waals surface area contributed by atoms with E-state index in [1.54, 1.807) is 18.2 Å². The molecule has 1 aromatic heterocycles. The van der Waals surface area contributed by atoms with E-state index >= 15 is 0 Å². The number of benzene rings is 1. The van der Waals surface area contributed by atoms with Crippen LogP contribution < -0.4 is 31.4 Å². The van der Waals surface area contributed by atoms with Crippen LogP contribution >= 0.6 is 0 Å². The number of nitrogens with one attached hydrogen (secondary N) is 1. The molecule has 168 valence electrons. The van der Waals surface area contributed by atoms with E-state index in [0.717, 1.165) is 24.8 Å². The molecular formula is C22H30N4O5. The summed E-state index contributed by atoms with van der Waals surface area (Å²) in [6.07, 6.45) is 3.19. The summed E-state index contributed by atoms with van der Waals surface area (Å²) >= 11 is 0. The summed E-state index contributed by atoms with van der Waals surface area (Å²) in [5.74, 6) is 0.993. The van der Waals surface area contributed by atoms with Crippen molar-refractivity contribution >= 4 is 17.4 Å². The summed E-state index contributed by atoms with van der Waals surface area (Å²) in [5, 5.41) is 0. The maximum absolute atomic E-state index is 13.3. The number of hydrogen-bond donors (Lipinski definition) is 2. The van der Waals surface area contributed by atoms with Crippen LogP contribution in [-0.4, -0.2) is 35.2 Å². The van der Waals surface area contributed by atoms with Gasteiger partial charge in [0.05, 0.1) is 6.42 Å². The second-order valence-electron chi connectivity index (χ2n) is 7.55. The van der Waals surface area contributed by atoms with E-state index in [-0.39, 0.29) is 23.8 Å². The zero-order valence-corrected chi connectivity index (χ0v) is 18.1. The number of carbonyl (C=O) groups excluding carboxylic acids is 1. The van der Waals surface area contributed by atoms with Crippen molar-refractivity contribution in [1.82, 2.24) is 9.55 Å². The van der Waals surface area contributed by atoms with Gasteiger partial charge in [-0.15, -0.1) is 0 Å². The van der Waals surface area contributed by atoms with E-state index in [1.165, 1.54) is 9.47 Å². The number of H-pyrrole nitrogens is 1. The highest BCUT2D eigenvalue weighted by molar-refractivity contribution is 5.96. The van der Waals surface area contributed by atoms with Crippen molar-refractivity contribution in [3.63, 3.8) is 0 Å². The molecule has 2 heterocycles. The molecule has 1 aliphatic rings. The van der Waals surface area contributed by atoms with Gasteiger partial charge < -0.3 is 20.1 Å². The van der Waals surface area contributed by atoms with Crippen molar-refractivity contribution in [3.05, 3.63) is 44.6 Å². The van der Waals surface area contributed by atoms with Crippen LogP contribution in [0.25, 0.3) is 0 Å². The van der Waals surface area contributed by atoms with E-state index in [2.05, 4.69) is 4.98 Å². The Hall–Kier alpha value is -3.23. The number of aromatic nitrogens is 2. The molecule has 3 N–H and O–H groups in total. The van der Waals surface area contributed by atoms with Crippen LogP contribution in [0.3, 0.4) is 0 Å². The first-order valence-corrected chi connectivity index (χ1v) is 10.8.